The van der Waals surface area contributed by atoms with Gasteiger partial charge in [-0.25, -0.2) is 9.78 Å². The van der Waals surface area contributed by atoms with Crippen LogP contribution in [0.2, 0.25) is 5.02 Å². The van der Waals surface area contributed by atoms with E-state index in [1.165, 1.54) is 11.3 Å². The minimum Gasteiger partial charge on any atom is -0.497 e. The van der Waals surface area contributed by atoms with Crippen LogP contribution in [0.25, 0.3) is 11.3 Å². The SMILES string of the molecule is COc1cccc(-c2csc(NC(=O)Nc3cccc(Cl)c3)n2)c1. The average molecular weight is 360 g/mol. The number of thiazole rings is 1. The monoisotopic (exact) mass is 359 g/mol. The molecule has 24 heavy (non-hydrogen) atoms. The summed E-state index contributed by atoms with van der Waals surface area (Å²) in [7, 11) is 1.62. The van der Waals surface area contributed by atoms with Crippen LogP contribution in [0.4, 0.5) is 15.6 Å². The second-order valence-electron chi connectivity index (χ2n) is 4.86. The van der Waals surface area contributed by atoms with Gasteiger partial charge in [-0.15, -0.1) is 11.3 Å². The molecule has 2 amide bonds. The summed E-state index contributed by atoms with van der Waals surface area (Å²) in [6.45, 7) is 0. The number of halogens is 1. The van der Waals surface area contributed by atoms with Gasteiger partial charge in [0.1, 0.15) is 5.75 Å². The third-order valence-corrected chi connectivity index (χ3v) is 4.17. The van der Waals surface area contributed by atoms with Gasteiger partial charge >= 0.3 is 6.03 Å². The number of hydrogen-bond donors (Lipinski definition) is 2. The molecule has 3 rings (SSSR count). The van der Waals surface area contributed by atoms with E-state index in [-0.39, 0.29) is 6.03 Å². The molecule has 0 aliphatic rings. The third kappa shape index (κ3) is 4.04. The zero-order chi connectivity index (χ0) is 16.9. The summed E-state index contributed by atoms with van der Waals surface area (Å²) in [6.07, 6.45) is 0. The van der Waals surface area contributed by atoms with E-state index in [9.17, 15) is 4.79 Å². The highest BCUT2D eigenvalue weighted by Crippen LogP contribution is 2.27. The van der Waals surface area contributed by atoms with E-state index in [0.29, 0.717) is 15.8 Å². The lowest BCUT2D eigenvalue weighted by atomic mass is 10.2. The lowest BCUT2D eigenvalue weighted by Crippen LogP contribution is -2.19. The van der Waals surface area contributed by atoms with E-state index >= 15 is 0 Å². The van der Waals surface area contributed by atoms with Gasteiger partial charge in [0.15, 0.2) is 5.13 Å². The van der Waals surface area contributed by atoms with Crippen LogP contribution in [0, 0.1) is 0 Å². The molecule has 3 aromatic rings. The predicted octanol–water partition coefficient (Wildman–Crippen LogP) is 5.12. The van der Waals surface area contributed by atoms with E-state index in [4.69, 9.17) is 16.3 Å². The number of benzene rings is 2. The van der Waals surface area contributed by atoms with Crippen molar-refractivity contribution in [3.63, 3.8) is 0 Å². The number of aromatic nitrogens is 1. The fourth-order valence-electron chi connectivity index (χ4n) is 2.07. The molecule has 0 saturated heterocycles. The first-order valence-electron chi connectivity index (χ1n) is 7.07. The van der Waals surface area contributed by atoms with Gasteiger partial charge in [-0.1, -0.05) is 29.8 Å². The topological polar surface area (TPSA) is 63.2 Å². The molecule has 0 spiro atoms. The number of amides is 2. The zero-order valence-corrected chi connectivity index (χ0v) is 14.3. The van der Waals surface area contributed by atoms with Gasteiger partial charge in [0.2, 0.25) is 0 Å². The van der Waals surface area contributed by atoms with Gasteiger partial charge in [0.25, 0.3) is 0 Å². The van der Waals surface area contributed by atoms with Gasteiger partial charge in [0.05, 0.1) is 12.8 Å². The van der Waals surface area contributed by atoms with Crippen molar-refractivity contribution in [3.05, 3.63) is 58.9 Å². The molecule has 0 fully saturated rings. The largest absolute Gasteiger partial charge is 0.497 e. The number of hydrogen-bond acceptors (Lipinski definition) is 4. The average Bonchev–Trinajstić information content (AvgIpc) is 3.03. The molecule has 2 aromatic carbocycles. The van der Waals surface area contributed by atoms with Crippen molar-refractivity contribution in [2.45, 2.75) is 0 Å². The van der Waals surface area contributed by atoms with Gasteiger partial charge in [-0.2, -0.15) is 0 Å². The minimum atomic E-state index is -0.371. The number of rotatable bonds is 4. The lowest BCUT2D eigenvalue weighted by molar-refractivity contribution is 0.262. The van der Waals surface area contributed by atoms with Crippen LogP contribution < -0.4 is 15.4 Å². The number of nitrogens with one attached hydrogen (secondary N) is 2. The number of urea groups is 1. The van der Waals surface area contributed by atoms with Crippen molar-refractivity contribution in [3.8, 4) is 17.0 Å². The molecule has 122 valence electrons. The maximum absolute atomic E-state index is 12.0. The summed E-state index contributed by atoms with van der Waals surface area (Å²) in [5.74, 6) is 0.758. The summed E-state index contributed by atoms with van der Waals surface area (Å²) >= 11 is 7.24. The molecule has 0 aliphatic carbocycles. The van der Waals surface area contributed by atoms with Crippen LogP contribution in [-0.2, 0) is 0 Å². The number of nitrogens with zero attached hydrogens (tertiary/aromatic N) is 1. The third-order valence-electron chi connectivity index (χ3n) is 3.17. The Bertz CT molecular complexity index is 866. The van der Waals surface area contributed by atoms with E-state index in [0.717, 1.165) is 17.0 Å². The summed E-state index contributed by atoms with van der Waals surface area (Å²) in [6, 6.07) is 14.2. The van der Waals surface area contributed by atoms with Crippen LogP contribution in [-0.4, -0.2) is 18.1 Å². The molecular formula is C17H14ClN3O2S. The second-order valence-corrected chi connectivity index (χ2v) is 6.15. The molecule has 0 bridgehead atoms. The quantitative estimate of drug-likeness (QED) is 0.679. The maximum Gasteiger partial charge on any atom is 0.325 e. The second kappa shape index (κ2) is 7.33. The highest BCUT2D eigenvalue weighted by atomic mass is 35.5. The van der Waals surface area contributed by atoms with Gasteiger partial charge in [0, 0.05) is 21.7 Å². The van der Waals surface area contributed by atoms with Crippen molar-refractivity contribution in [2.75, 3.05) is 17.7 Å². The lowest BCUT2D eigenvalue weighted by Gasteiger charge is -2.05. The van der Waals surface area contributed by atoms with E-state index in [1.54, 1.807) is 31.4 Å². The predicted molar refractivity (Wildman–Crippen MR) is 98.2 cm³/mol. The fraction of sp³-hybridized carbons (Fsp3) is 0.0588. The van der Waals surface area contributed by atoms with Gasteiger partial charge in [-0.05, 0) is 30.3 Å². The molecule has 0 atom stereocenters. The van der Waals surface area contributed by atoms with E-state index in [2.05, 4.69) is 15.6 Å². The number of carbonyl (C=O) groups excluding carboxylic acids is 1. The fourth-order valence-corrected chi connectivity index (χ4v) is 2.98. The molecule has 2 N–H and O–H groups in total. The highest BCUT2D eigenvalue weighted by molar-refractivity contribution is 7.14. The number of ether oxygens (including phenoxy) is 1. The Balaban J connectivity index is 1.68. The molecule has 0 aliphatic heterocycles. The first kappa shape index (κ1) is 16.3. The maximum atomic E-state index is 12.0. The highest BCUT2D eigenvalue weighted by Gasteiger charge is 2.09. The molecule has 1 aromatic heterocycles. The van der Waals surface area contributed by atoms with Crippen LogP contribution in [0.15, 0.2) is 53.9 Å². The summed E-state index contributed by atoms with van der Waals surface area (Å²) in [5.41, 5.74) is 2.32. The molecule has 0 unspecified atom stereocenters. The van der Waals surface area contributed by atoms with Crippen LogP contribution in [0.3, 0.4) is 0 Å². The Labute approximate surface area is 148 Å². The molecule has 7 heteroatoms. The number of anilines is 2. The van der Waals surface area contributed by atoms with Crippen molar-refractivity contribution >= 4 is 39.8 Å². The van der Waals surface area contributed by atoms with E-state index < -0.39 is 0 Å². The Hall–Kier alpha value is -2.57. The number of methoxy groups -OCH3 is 1. The summed E-state index contributed by atoms with van der Waals surface area (Å²) < 4.78 is 5.21. The normalized spacial score (nSPS) is 10.2. The molecule has 1 heterocycles. The molecular weight excluding hydrogens is 346 g/mol. The first-order valence-corrected chi connectivity index (χ1v) is 8.33. The Kier molecular flexibility index (Phi) is 4.98. The summed E-state index contributed by atoms with van der Waals surface area (Å²) in [4.78, 5) is 16.4. The van der Waals surface area contributed by atoms with Crippen molar-refractivity contribution in [1.29, 1.82) is 0 Å². The molecule has 5 nitrogen and oxygen atoms in total. The van der Waals surface area contributed by atoms with E-state index in [1.807, 2.05) is 29.6 Å². The van der Waals surface area contributed by atoms with Crippen LogP contribution in [0.1, 0.15) is 0 Å². The van der Waals surface area contributed by atoms with Gasteiger partial charge in [-0.3, -0.25) is 5.32 Å². The standard InChI is InChI=1S/C17H14ClN3O2S/c1-23-14-7-2-4-11(8-14)15-10-24-17(20-15)21-16(22)19-13-6-3-5-12(18)9-13/h2-10H,1H3,(H2,19,20,21,22). The van der Waals surface area contributed by atoms with Crippen LogP contribution >= 0.6 is 22.9 Å². The van der Waals surface area contributed by atoms with Crippen molar-refractivity contribution in [1.82, 2.24) is 4.98 Å². The Morgan fingerprint density at radius 2 is 2.00 bits per heavy atom. The zero-order valence-electron chi connectivity index (χ0n) is 12.7. The van der Waals surface area contributed by atoms with Gasteiger partial charge < -0.3 is 10.1 Å². The Morgan fingerprint density at radius 3 is 2.79 bits per heavy atom. The smallest absolute Gasteiger partial charge is 0.325 e. The molecule has 0 radical (unpaired) electrons. The van der Waals surface area contributed by atoms with Crippen molar-refractivity contribution in [2.24, 2.45) is 0 Å². The summed E-state index contributed by atoms with van der Waals surface area (Å²) in [5, 5.41) is 8.37. The first-order chi connectivity index (χ1) is 11.6. The van der Waals surface area contributed by atoms with Crippen LogP contribution in [0.5, 0.6) is 5.75 Å². The van der Waals surface area contributed by atoms with Crippen molar-refractivity contribution < 1.29 is 9.53 Å². The number of carbonyl (C=O) groups is 1. The minimum absolute atomic E-state index is 0.371. The Morgan fingerprint density at radius 1 is 1.17 bits per heavy atom. The molecule has 0 saturated carbocycles.